The van der Waals surface area contributed by atoms with Crippen molar-refractivity contribution in [2.75, 3.05) is 6.61 Å². The van der Waals surface area contributed by atoms with Crippen molar-refractivity contribution in [2.24, 2.45) is 5.10 Å². The zero-order valence-electron chi connectivity index (χ0n) is 22.5. The minimum Gasteiger partial charge on any atom is -0.490 e. The molecule has 7 nitrogen and oxygen atoms in total. The molecular weight excluding hydrogens is 705 g/mol. The number of furan rings is 1. The molecule has 4 aromatic carbocycles. The standard InChI is InChI=1S/C32H21Br2ClFN3O4/c1-2-41-26-15-20(28(33)29(34)30(26)42-17-18-7-10-22(36)11-8-18)16-37-39-31(38-24-6-4-3-5-23(24)32(39)40)27-14-19-13-21(35)9-12-25(19)43-27/h3-16H,2,17H2,1H3. The van der Waals surface area contributed by atoms with Gasteiger partial charge in [0, 0.05) is 20.4 Å². The van der Waals surface area contributed by atoms with Gasteiger partial charge in [0.25, 0.3) is 5.56 Å². The van der Waals surface area contributed by atoms with Gasteiger partial charge in [0.05, 0.1) is 28.2 Å². The maximum absolute atomic E-state index is 13.7. The quantitative estimate of drug-likeness (QED) is 0.147. The van der Waals surface area contributed by atoms with Gasteiger partial charge in [0.15, 0.2) is 17.3 Å². The van der Waals surface area contributed by atoms with Crippen molar-refractivity contribution in [3.8, 4) is 23.1 Å². The largest absolute Gasteiger partial charge is 0.490 e. The van der Waals surface area contributed by atoms with Crippen LogP contribution in [0, 0.1) is 5.82 Å². The van der Waals surface area contributed by atoms with Gasteiger partial charge in [0.1, 0.15) is 18.0 Å². The lowest BCUT2D eigenvalue weighted by Crippen LogP contribution is -2.20. The van der Waals surface area contributed by atoms with Crippen molar-refractivity contribution >= 4 is 71.5 Å². The number of hydrogen-bond acceptors (Lipinski definition) is 6. The molecule has 0 aliphatic carbocycles. The van der Waals surface area contributed by atoms with Crippen LogP contribution in [-0.2, 0) is 6.61 Å². The lowest BCUT2D eigenvalue weighted by Gasteiger charge is -2.16. The fourth-order valence-corrected chi connectivity index (χ4v) is 5.58. The SMILES string of the molecule is CCOc1cc(C=Nn2c(-c3cc4cc(Cl)ccc4o3)nc3ccccc3c2=O)c(Br)c(Br)c1OCc1ccc(F)cc1. The summed E-state index contributed by atoms with van der Waals surface area (Å²) >= 11 is 13.4. The summed E-state index contributed by atoms with van der Waals surface area (Å²) in [5.74, 6) is 1.18. The Labute approximate surface area is 266 Å². The van der Waals surface area contributed by atoms with Crippen LogP contribution in [0.2, 0.25) is 5.02 Å². The Morgan fingerprint density at radius 2 is 1.81 bits per heavy atom. The van der Waals surface area contributed by atoms with E-state index in [0.717, 1.165) is 10.9 Å². The molecule has 2 aromatic heterocycles. The predicted molar refractivity (Wildman–Crippen MR) is 173 cm³/mol. The van der Waals surface area contributed by atoms with Crippen molar-refractivity contribution in [1.29, 1.82) is 0 Å². The number of halogens is 4. The van der Waals surface area contributed by atoms with Crippen LogP contribution in [0.5, 0.6) is 11.5 Å². The predicted octanol–water partition coefficient (Wildman–Crippen LogP) is 8.99. The van der Waals surface area contributed by atoms with Gasteiger partial charge in [-0.15, -0.1) is 0 Å². The summed E-state index contributed by atoms with van der Waals surface area (Å²) in [6.45, 7) is 2.44. The summed E-state index contributed by atoms with van der Waals surface area (Å²) in [6, 6.07) is 21.9. The molecule has 0 amide bonds. The van der Waals surface area contributed by atoms with E-state index in [-0.39, 0.29) is 23.8 Å². The Kier molecular flexibility index (Phi) is 8.34. The molecule has 0 atom stereocenters. The highest BCUT2D eigenvalue weighted by Gasteiger charge is 2.19. The first-order valence-electron chi connectivity index (χ1n) is 13.1. The van der Waals surface area contributed by atoms with Crippen LogP contribution in [0.4, 0.5) is 4.39 Å². The molecule has 0 saturated heterocycles. The Bertz CT molecular complexity index is 2080. The Hall–Kier alpha value is -3.99. The highest BCUT2D eigenvalue weighted by Crippen LogP contribution is 2.43. The van der Waals surface area contributed by atoms with E-state index in [9.17, 15) is 9.18 Å². The van der Waals surface area contributed by atoms with E-state index in [1.54, 1.807) is 60.7 Å². The topological polar surface area (TPSA) is 78.9 Å². The average Bonchev–Trinajstić information content (AvgIpc) is 3.43. The summed E-state index contributed by atoms with van der Waals surface area (Å²) in [5, 5.41) is 6.31. The number of para-hydroxylation sites is 1. The third-order valence-corrected chi connectivity index (χ3v) is 8.90. The summed E-state index contributed by atoms with van der Waals surface area (Å²) in [5.41, 5.74) is 2.14. The molecule has 0 aliphatic rings. The van der Waals surface area contributed by atoms with E-state index in [4.69, 9.17) is 30.5 Å². The van der Waals surface area contributed by atoms with Gasteiger partial charge in [-0.2, -0.15) is 9.78 Å². The molecule has 0 bridgehead atoms. The van der Waals surface area contributed by atoms with Crippen LogP contribution in [0.3, 0.4) is 0 Å². The molecule has 43 heavy (non-hydrogen) atoms. The highest BCUT2D eigenvalue weighted by atomic mass is 79.9. The van der Waals surface area contributed by atoms with E-state index >= 15 is 0 Å². The number of rotatable bonds is 8. The minimum absolute atomic E-state index is 0.197. The molecule has 0 N–H and O–H groups in total. The van der Waals surface area contributed by atoms with Gasteiger partial charge in [0.2, 0.25) is 5.82 Å². The summed E-state index contributed by atoms with van der Waals surface area (Å²) in [7, 11) is 0. The molecule has 0 radical (unpaired) electrons. The molecule has 11 heteroatoms. The molecule has 6 rings (SSSR count). The second-order valence-corrected chi connectivity index (χ2v) is 11.4. The first-order chi connectivity index (χ1) is 20.8. The highest BCUT2D eigenvalue weighted by molar-refractivity contribution is 9.13. The van der Waals surface area contributed by atoms with Crippen molar-refractivity contribution < 1.29 is 18.3 Å². The van der Waals surface area contributed by atoms with Crippen molar-refractivity contribution in [3.63, 3.8) is 0 Å². The molecule has 0 aliphatic heterocycles. The number of fused-ring (bicyclic) bond motifs is 2. The third kappa shape index (κ3) is 5.95. The summed E-state index contributed by atoms with van der Waals surface area (Å²) in [4.78, 5) is 18.4. The molecule has 0 spiro atoms. The molecule has 0 saturated carbocycles. The number of hydrogen-bond donors (Lipinski definition) is 0. The zero-order valence-corrected chi connectivity index (χ0v) is 26.4. The van der Waals surface area contributed by atoms with E-state index in [2.05, 4.69) is 37.0 Å². The maximum atomic E-state index is 13.7. The van der Waals surface area contributed by atoms with Crippen molar-refractivity contribution in [1.82, 2.24) is 9.66 Å². The van der Waals surface area contributed by atoms with Crippen molar-refractivity contribution in [2.45, 2.75) is 13.5 Å². The van der Waals surface area contributed by atoms with E-state index in [1.165, 1.54) is 23.0 Å². The third-order valence-electron chi connectivity index (χ3n) is 6.52. The fraction of sp³-hybridized carbons (Fsp3) is 0.0938. The van der Waals surface area contributed by atoms with Gasteiger partial charge in [-0.3, -0.25) is 4.79 Å². The molecule has 0 fully saturated rings. The van der Waals surface area contributed by atoms with E-state index < -0.39 is 0 Å². The molecule has 0 unspecified atom stereocenters. The van der Waals surface area contributed by atoms with Crippen LogP contribution in [0.15, 0.2) is 102 Å². The second-order valence-electron chi connectivity index (χ2n) is 9.38. The summed E-state index contributed by atoms with van der Waals surface area (Å²) < 4.78 is 33.8. The monoisotopic (exact) mass is 723 g/mol. The van der Waals surface area contributed by atoms with Gasteiger partial charge < -0.3 is 13.9 Å². The van der Waals surface area contributed by atoms with Crippen LogP contribution in [0.25, 0.3) is 33.5 Å². The van der Waals surface area contributed by atoms with Crippen LogP contribution in [-0.4, -0.2) is 22.5 Å². The lowest BCUT2D eigenvalue weighted by molar-refractivity contribution is 0.267. The zero-order chi connectivity index (χ0) is 30.1. The normalized spacial score (nSPS) is 11.6. The first kappa shape index (κ1) is 29.1. The van der Waals surface area contributed by atoms with E-state index in [1.807, 2.05) is 13.0 Å². The Morgan fingerprint density at radius 3 is 2.60 bits per heavy atom. The van der Waals surface area contributed by atoms with Crippen LogP contribution < -0.4 is 15.0 Å². The lowest BCUT2D eigenvalue weighted by atomic mass is 10.2. The van der Waals surface area contributed by atoms with E-state index in [0.29, 0.717) is 59.9 Å². The van der Waals surface area contributed by atoms with Gasteiger partial charge in [-0.25, -0.2) is 9.37 Å². The Balaban J connectivity index is 1.43. The smallest absolute Gasteiger partial charge is 0.282 e. The first-order valence-corrected chi connectivity index (χ1v) is 15.1. The maximum Gasteiger partial charge on any atom is 0.282 e. The number of benzene rings is 4. The summed E-state index contributed by atoms with van der Waals surface area (Å²) in [6.07, 6.45) is 1.53. The van der Waals surface area contributed by atoms with Crippen LogP contribution in [0.1, 0.15) is 18.1 Å². The number of aromatic nitrogens is 2. The van der Waals surface area contributed by atoms with Gasteiger partial charge >= 0.3 is 0 Å². The Morgan fingerprint density at radius 1 is 1.02 bits per heavy atom. The number of ether oxygens (including phenoxy) is 2. The van der Waals surface area contributed by atoms with Crippen molar-refractivity contribution in [3.05, 3.63) is 120 Å². The molecule has 6 aromatic rings. The van der Waals surface area contributed by atoms with Crippen LogP contribution >= 0.6 is 43.5 Å². The minimum atomic E-state index is -0.366. The molecule has 216 valence electrons. The molecule has 2 heterocycles. The number of nitrogens with zero attached hydrogens (tertiary/aromatic N) is 3. The van der Waals surface area contributed by atoms with Gasteiger partial charge in [-0.05, 0) is 98.9 Å². The fourth-order valence-electron chi connectivity index (χ4n) is 4.47. The second kappa shape index (κ2) is 12.3. The molecular formula is C32H21Br2ClFN3O4. The van der Waals surface area contributed by atoms with Gasteiger partial charge in [-0.1, -0.05) is 35.9 Å². The average molecular weight is 726 g/mol.